The SMILES string of the molecule is O=C(O)c1cnn(-c2ccc3c4c(cccc24)CNC3=O)c1C(F)(F)F. The molecule has 2 heterocycles. The topological polar surface area (TPSA) is 84.2 Å². The summed E-state index contributed by atoms with van der Waals surface area (Å²) in [7, 11) is 0. The number of carbonyl (C=O) groups is 2. The number of amides is 1. The van der Waals surface area contributed by atoms with E-state index in [-0.39, 0.29) is 18.1 Å². The van der Waals surface area contributed by atoms with Crippen molar-refractivity contribution in [2.45, 2.75) is 12.7 Å². The first-order valence-electron chi connectivity index (χ1n) is 7.50. The first kappa shape index (κ1) is 16.1. The summed E-state index contributed by atoms with van der Waals surface area (Å²) in [5.41, 5.74) is -1.13. The fourth-order valence-corrected chi connectivity index (χ4v) is 3.22. The second-order valence-corrected chi connectivity index (χ2v) is 5.78. The minimum atomic E-state index is -4.92. The molecule has 0 bridgehead atoms. The average molecular weight is 361 g/mol. The summed E-state index contributed by atoms with van der Waals surface area (Å²) >= 11 is 0. The summed E-state index contributed by atoms with van der Waals surface area (Å²) in [6.07, 6.45) is -4.24. The molecule has 4 rings (SSSR count). The lowest BCUT2D eigenvalue weighted by Gasteiger charge is -2.20. The van der Waals surface area contributed by atoms with Crippen molar-refractivity contribution in [1.29, 1.82) is 0 Å². The number of halogens is 3. The van der Waals surface area contributed by atoms with Crippen molar-refractivity contribution in [1.82, 2.24) is 15.1 Å². The van der Waals surface area contributed by atoms with Crippen LogP contribution >= 0.6 is 0 Å². The molecule has 3 aromatic rings. The highest BCUT2D eigenvalue weighted by molar-refractivity contribution is 6.12. The number of carbonyl (C=O) groups excluding carboxylic acids is 1. The molecule has 132 valence electrons. The molecular formula is C17H10F3N3O3. The standard InChI is InChI=1S/C17H10F3N3O3/c18-17(19,20)14-11(16(25)26)7-22-23(14)12-5-4-10-13-8(6-21-15(10)24)2-1-3-9(12)13/h1-5,7H,6H2,(H,21,24)(H,25,26). The minimum Gasteiger partial charge on any atom is -0.478 e. The van der Waals surface area contributed by atoms with Crippen LogP contribution in [0.15, 0.2) is 36.5 Å². The van der Waals surface area contributed by atoms with Gasteiger partial charge in [0.2, 0.25) is 0 Å². The van der Waals surface area contributed by atoms with Gasteiger partial charge >= 0.3 is 12.1 Å². The molecule has 9 heteroatoms. The Kier molecular flexibility index (Phi) is 3.30. The summed E-state index contributed by atoms with van der Waals surface area (Å²) < 4.78 is 41.1. The molecule has 0 fully saturated rings. The number of alkyl halides is 3. The van der Waals surface area contributed by atoms with E-state index < -0.39 is 23.4 Å². The first-order chi connectivity index (χ1) is 12.3. The molecule has 0 saturated carbocycles. The van der Waals surface area contributed by atoms with Gasteiger partial charge in [0.05, 0.1) is 11.9 Å². The Morgan fingerprint density at radius 3 is 2.69 bits per heavy atom. The van der Waals surface area contributed by atoms with Crippen molar-refractivity contribution in [3.63, 3.8) is 0 Å². The van der Waals surface area contributed by atoms with E-state index in [1.54, 1.807) is 18.2 Å². The van der Waals surface area contributed by atoms with E-state index in [4.69, 9.17) is 5.11 Å². The van der Waals surface area contributed by atoms with Crippen molar-refractivity contribution in [2.24, 2.45) is 0 Å². The quantitative estimate of drug-likeness (QED) is 0.735. The van der Waals surface area contributed by atoms with E-state index in [2.05, 4.69) is 10.4 Å². The van der Waals surface area contributed by atoms with Crippen LogP contribution in [0.1, 0.15) is 32.0 Å². The van der Waals surface area contributed by atoms with Gasteiger partial charge in [0.1, 0.15) is 5.56 Å². The average Bonchev–Trinajstić information content (AvgIpc) is 3.03. The molecule has 2 N–H and O–H groups in total. The third-order valence-corrected chi connectivity index (χ3v) is 4.28. The van der Waals surface area contributed by atoms with Gasteiger partial charge in [-0.1, -0.05) is 18.2 Å². The highest BCUT2D eigenvalue weighted by atomic mass is 19.4. The molecule has 1 aliphatic rings. The lowest BCUT2D eigenvalue weighted by Crippen LogP contribution is -2.27. The van der Waals surface area contributed by atoms with Crippen LogP contribution in [-0.4, -0.2) is 26.8 Å². The minimum absolute atomic E-state index is 0.0557. The van der Waals surface area contributed by atoms with Gasteiger partial charge in [-0.25, -0.2) is 9.48 Å². The Balaban J connectivity index is 2.07. The molecule has 0 saturated heterocycles. The summed E-state index contributed by atoms with van der Waals surface area (Å²) in [6.45, 7) is 0.262. The van der Waals surface area contributed by atoms with E-state index in [0.717, 1.165) is 5.56 Å². The number of aromatic nitrogens is 2. The van der Waals surface area contributed by atoms with Crippen molar-refractivity contribution in [3.05, 3.63) is 58.9 Å². The molecule has 2 aromatic carbocycles. The maximum Gasteiger partial charge on any atom is 0.434 e. The Morgan fingerprint density at radius 1 is 1.23 bits per heavy atom. The molecule has 0 radical (unpaired) electrons. The van der Waals surface area contributed by atoms with Gasteiger partial charge in [0, 0.05) is 22.9 Å². The number of carboxylic acids is 1. The van der Waals surface area contributed by atoms with Gasteiger partial charge in [0.15, 0.2) is 5.69 Å². The molecule has 1 amide bonds. The predicted octanol–water partition coefficient (Wildman–Crippen LogP) is 2.99. The first-order valence-corrected chi connectivity index (χ1v) is 7.50. The van der Waals surface area contributed by atoms with Crippen molar-refractivity contribution in [2.75, 3.05) is 0 Å². The third kappa shape index (κ3) is 2.24. The Hall–Kier alpha value is -3.36. The number of hydrogen-bond donors (Lipinski definition) is 2. The van der Waals surface area contributed by atoms with Crippen LogP contribution < -0.4 is 5.32 Å². The number of benzene rings is 2. The van der Waals surface area contributed by atoms with Crippen LogP contribution in [0.4, 0.5) is 13.2 Å². The van der Waals surface area contributed by atoms with Gasteiger partial charge in [-0.2, -0.15) is 18.3 Å². The highest BCUT2D eigenvalue weighted by Gasteiger charge is 2.41. The third-order valence-electron chi connectivity index (χ3n) is 4.28. The van der Waals surface area contributed by atoms with Crippen molar-refractivity contribution >= 4 is 22.6 Å². The van der Waals surface area contributed by atoms with E-state index in [1.807, 2.05) is 0 Å². The number of aromatic carboxylic acids is 1. The molecule has 1 aliphatic heterocycles. The van der Waals surface area contributed by atoms with Crippen molar-refractivity contribution in [3.8, 4) is 5.69 Å². The van der Waals surface area contributed by atoms with E-state index in [1.165, 1.54) is 12.1 Å². The summed E-state index contributed by atoms with van der Waals surface area (Å²) in [5, 5.41) is 16.3. The van der Waals surface area contributed by atoms with Crippen LogP contribution in [0, 0.1) is 0 Å². The summed E-state index contributed by atoms with van der Waals surface area (Å²) in [4.78, 5) is 23.2. The van der Waals surface area contributed by atoms with Crippen molar-refractivity contribution < 1.29 is 27.9 Å². The number of hydrogen-bond acceptors (Lipinski definition) is 3. The molecule has 6 nitrogen and oxygen atoms in total. The van der Waals surface area contributed by atoms with E-state index in [9.17, 15) is 22.8 Å². The van der Waals surface area contributed by atoms with Crippen LogP contribution in [0.5, 0.6) is 0 Å². The zero-order valence-electron chi connectivity index (χ0n) is 13.0. The molecule has 1 aromatic heterocycles. The largest absolute Gasteiger partial charge is 0.478 e. The van der Waals surface area contributed by atoms with E-state index in [0.29, 0.717) is 27.2 Å². The Morgan fingerprint density at radius 2 is 2.00 bits per heavy atom. The van der Waals surface area contributed by atoms with Gasteiger partial charge < -0.3 is 10.4 Å². The number of nitrogens with one attached hydrogen (secondary N) is 1. The zero-order valence-corrected chi connectivity index (χ0v) is 13.0. The molecular weight excluding hydrogens is 351 g/mol. The summed E-state index contributed by atoms with van der Waals surface area (Å²) in [5.74, 6) is -2.03. The van der Waals surface area contributed by atoms with E-state index >= 15 is 0 Å². The second kappa shape index (κ2) is 5.32. The van der Waals surface area contributed by atoms with Crippen LogP contribution in [0.25, 0.3) is 16.5 Å². The fraction of sp³-hybridized carbons (Fsp3) is 0.118. The number of nitrogens with zero attached hydrogens (tertiary/aromatic N) is 2. The maximum atomic E-state index is 13.5. The predicted molar refractivity (Wildman–Crippen MR) is 84.2 cm³/mol. The lowest BCUT2D eigenvalue weighted by atomic mass is 9.94. The van der Waals surface area contributed by atoms with Crippen LogP contribution in [0.3, 0.4) is 0 Å². The molecule has 0 spiro atoms. The fourth-order valence-electron chi connectivity index (χ4n) is 3.22. The zero-order chi connectivity index (χ0) is 18.6. The highest BCUT2D eigenvalue weighted by Crippen LogP contribution is 2.37. The lowest BCUT2D eigenvalue weighted by molar-refractivity contribution is -0.143. The number of carboxylic acid groups (broad SMARTS) is 1. The monoisotopic (exact) mass is 361 g/mol. The van der Waals surface area contributed by atoms with Gasteiger partial charge in [-0.05, 0) is 17.7 Å². The Labute approximate surface area is 143 Å². The van der Waals surface area contributed by atoms with Gasteiger partial charge in [-0.3, -0.25) is 4.79 Å². The van der Waals surface area contributed by atoms with Crippen LogP contribution in [-0.2, 0) is 12.7 Å². The molecule has 0 unspecified atom stereocenters. The van der Waals surface area contributed by atoms with Gasteiger partial charge in [-0.15, -0.1) is 0 Å². The summed E-state index contributed by atoms with van der Waals surface area (Å²) in [6, 6.07) is 7.76. The molecule has 26 heavy (non-hydrogen) atoms. The maximum absolute atomic E-state index is 13.5. The second-order valence-electron chi connectivity index (χ2n) is 5.78. The normalized spacial score (nSPS) is 13.7. The molecule has 0 aliphatic carbocycles. The smallest absolute Gasteiger partial charge is 0.434 e. The number of rotatable bonds is 2. The molecule has 0 atom stereocenters. The van der Waals surface area contributed by atoms with Gasteiger partial charge in [0.25, 0.3) is 5.91 Å². The van der Waals surface area contributed by atoms with Crippen LogP contribution in [0.2, 0.25) is 0 Å². The Bertz CT molecular complexity index is 1090.